The molecule has 0 heterocycles. The predicted molar refractivity (Wildman–Crippen MR) is 93.2 cm³/mol. The van der Waals surface area contributed by atoms with Crippen molar-refractivity contribution in [2.24, 2.45) is 0 Å². The number of methoxy groups -OCH3 is 1. The Morgan fingerprint density at radius 2 is 1.54 bits per heavy atom. The number of hydrogen-bond acceptors (Lipinski definition) is 9. The Hall–Kier alpha value is -3.88. The van der Waals surface area contributed by atoms with Gasteiger partial charge in [0, 0.05) is 0 Å². The van der Waals surface area contributed by atoms with Gasteiger partial charge in [-0.05, 0) is 31.2 Å². The first-order valence-corrected chi connectivity index (χ1v) is 7.92. The molecule has 0 unspecified atom stereocenters. The van der Waals surface area contributed by atoms with Crippen molar-refractivity contribution >= 4 is 24.6 Å². The van der Waals surface area contributed by atoms with Gasteiger partial charge in [0.2, 0.25) is 0 Å². The second-order valence-corrected chi connectivity index (χ2v) is 4.98. The fourth-order valence-corrected chi connectivity index (χ4v) is 2.17. The van der Waals surface area contributed by atoms with Crippen LogP contribution >= 0.6 is 0 Å². The van der Waals surface area contributed by atoms with E-state index in [0.717, 1.165) is 0 Å². The zero-order chi connectivity index (χ0) is 20.5. The molecule has 0 aliphatic rings. The molecule has 9 nitrogen and oxygen atoms in total. The first kappa shape index (κ1) is 20.4. The number of carbonyl (C=O) groups excluding carboxylic acids is 4. The third-order valence-electron chi connectivity index (χ3n) is 3.30. The van der Waals surface area contributed by atoms with Crippen LogP contribution in [0.25, 0.3) is 0 Å². The first-order valence-electron chi connectivity index (χ1n) is 7.92. The predicted octanol–water partition coefficient (Wildman–Crippen LogP) is 2.67. The molecule has 0 saturated carbocycles. The number of benzene rings is 2. The second kappa shape index (κ2) is 9.72. The Morgan fingerprint density at radius 3 is 2.21 bits per heavy atom. The van der Waals surface area contributed by atoms with Crippen LogP contribution in [0.4, 0.5) is 4.79 Å². The lowest BCUT2D eigenvalue weighted by Gasteiger charge is -2.12. The molecule has 0 saturated heterocycles. The van der Waals surface area contributed by atoms with Gasteiger partial charge in [-0.25, -0.2) is 19.2 Å². The van der Waals surface area contributed by atoms with E-state index in [0.29, 0.717) is 0 Å². The van der Waals surface area contributed by atoms with Gasteiger partial charge in [-0.15, -0.1) is 0 Å². The highest BCUT2D eigenvalue weighted by Crippen LogP contribution is 2.30. The number of para-hydroxylation sites is 1. The van der Waals surface area contributed by atoms with Crippen LogP contribution in [0.5, 0.6) is 17.2 Å². The fraction of sp³-hybridized carbons (Fsp3) is 0.158. The lowest BCUT2D eigenvalue weighted by molar-refractivity contribution is 0.0519. The summed E-state index contributed by atoms with van der Waals surface area (Å²) in [5.41, 5.74) is -0.300. The summed E-state index contributed by atoms with van der Waals surface area (Å²) < 4.78 is 24.2. The van der Waals surface area contributed by atoms with Crippen LogP contribution in [0, 0.1) is 0 Å². The Morgan fingerprint density at radius 1 is 0.893 bits per heavy atom. The number of hydrogen-bond donors (Lipinski definition) is 0. The SMILES string of the molecule is CCOC(=O)c1c(O[C]=O)cccc1OC(=O)Oc1ccccc1C(=O)OC. The molecule has 0 aliphatic heterocycles. The van der Waals surface area contributed by atoms with E-state index in [2.05, 4.69) is 9.47 Å². The monoisotopic (exact) mass is 387 g/mol. The molecule has 2 rings (SSSR count). The molecule has 9 heteroatoms. The van der Waals surface area contributed by atoms with Crippen molar-refractivity contribution in [3.63, 3.8) is 0 Å². The van der Waals surface area contributed by atoms with Gasteiger partial charge in [0.05, 0.1) is 13.7 Å². The lowest BCUT2D eigenvalue weighted by Crippen LogP contribution is -2.18. The topological polar surface area (TPSA) is 114 Å². The van der Waals surface area contributed by atoms with E-state index in [-0.39, 0.29) is 35.0 Å². The third kappa shape index (κ3) is 4.85. The summed E-state index contributed by atoms with van der Waals surface area (Å²) >= 11 is 0. The van der Waals surface area contributed by atoms with Gasteiger partial charge in [0.15, 0.2) is 5.75 Å². The Balaban J connectivity index is 2.29. The van der Waals surface area contributed by atoms with Crippen molar-refractivity contribution in [2.45, 2.75) is 6.92 Å². The van der Waals surface area contributed by atoms with Crippen LogP contribution in [0.1, 0.15) is 27.6 Å². The summed E-state index contributed by atoms with van der Waals surface area (Å²) in [4.78, 5) is 46.6. The summed E-state index contributed by atoms with van der Waals surface area (Å²) in [6, 6.07) is 9.79. The molecule has 0 aromatic heterocycles. The van der Waals surface area contributed by atoms with Gasteiger partial charge in [-0.2, -0.15) is 0 Å². The van der Waals surface area contributed by atoms with E-state index in [1.165, 1.54) is 50.0 Å². The minimum absolute atomic E-state index is 0.000190. The van der Waals surface area contributed by atoms with Crippen molar-refractivity contribution in [3.05, 3.63) is 53.6 Å². The maximum Gasteiger partial charge on any atom is 0.519 e. The number of esters is 2. The molecule has 0 spiro atoms. The highest BCUT2D eigenvalue weighted by molar-refractivity contribution is 5.97. The quantitative estimate of drug-likeness (QED) is 0.522. The van der Waals surface area contributed by atoms with Crippen molar-refractivity contribution in [1.82, 2.24) is 0 Å². The molecule has 145 valence electrons. The summed E-state index contributed by atoms with van der Waals surface area (Å²) in [6.07, 6.45) is -1.24. The minimum Gasteiger partial charge on any atom is -0.465 e. The van der Waals surface area contributed by atoms with Crippen LogP contribution in [-0.2, 0) is 14.3 Å². The zero-order valence-corrected chi connectivity index (χ0v) is 14.9. The number of ether oxygens (including phenoxy) is 5. The summed E-state index contributed by atoms with van der Waals surface area (Å²) in [7, 11) is 1.18. The van der Waals surface area contributed by atoms with Gasteiger partial charge >= 0.3 is 24.6 Å². The largest absolute Gasteiger partial charge is 0.519 e. The maximum absolute atomic E-state index is 12.2. The zero-order valence-electron chi connectivity index (χ0n) is 14.9. The van der Waals surface area contributed by atoms with Gasteiger partial charge < -0.3 is 23.7 Å². The van der Waals surface area contributed by atoms with E-state index < -0.39 is 18.1 Å². The average Bonchev–Trinajstić information content (AvgIpc) is 2.68. The Labute approximate surface area is 159 Å². The van der Waals surface area contributed by atoms with Crippen molar-refractivity contribution < 1.29 is 42.9 Å². The van der Waals surface area contributed by atoms with Crippen LogP contribution < -0.4 is 14.2 Å². The molecular weight excluding hydrogens is 372 g/mol. The van der Waals surface area contributed by atoms with E-state index in [1.807, 2.05) is 0 Å². The molecule has 0 bridgehead atoms. The molecule has 1 radical (unpaired) electrons. The van der Waals surface area contributed by atoms with E-state index in [1.54, 1.807) is 13.0 Å². The normalized spacial score (nSPS) is 9.79. The third-order valence-corrected chi connectivity index (χ3v) is 3.30. The fourth-order valence-electron chi connectivity index (χ4n) is 2.17. The Kier molecular flexibility index (Phi) is 7.09. The molecule has 0 fully saturated rings. The summed E-state index contributed by atoms with van der Waals surface area (Å²) in [5, 5.41) is 0. The Bertz CT molecular complexity index is 889. The molecule has 0 N–H and O–H groups in total. The van der Waals surface area contributed by atoms with Crippen molar-refractivity contribution in [2.75, 3.05) is 13.7 Å². The van der Waals surface area contributed by atoms with Gasteiger partial charge in [-0.1, -0.05) is 18.2 Å². The van der Waals surface area contributed by atoms with Crippen LogP contribution in [0.2, 0.25) is 0 Å². The molecule has 28 heavy (non-hydrogen) atoms. The highest BCUT2D eigenvalue weighted by atomic mass is 16.7. The summed E-state index contributed by atoms with van der Waals surface area (Å²) in [5.74, 6) is -2.19. The maximum atomic E-state index is 12.2. The van der Waals surface area contributed by atoms with Crippen LogP contribution in [-0.4, -0.2) is 38.3 Å². The van der Waals surface area contributed by atoms with E-state index in [9.17, 15) is 19.2 Å². The average molecular weight is 387 g/mol. The minimum atomic E-state index is -1.24. The molecular formula is C19H15O9. The van der Waals surface area contributed by atoms with Gasteiger partial charge in [0.1, 0.15) is 22.6 Å². The molecule has 2 aromatic carbocycles. The number of carbonyl (C=O) groups is 3. The highest BCUT2D eigenvalue weighted by Gasteiger charge is 2.24. The molecule has 0 atom stereocenters. The smallest absolute Gasteiger partial charge is 0.465 e. The number of rotatable bonds is 7. The molecule has 0 amide bonds. The van der Waals surface area contributed by atoms with E-state index >= 15 is 0 Å². The van der Waals surface area contributed by atoms with Crippen LogP contribution in [0.15, 0.2) is 42.5 Å². The first-order chi connectivity index (χ1) is 13.5. The van der Waals surface area contributed by atoms with Crippen LogP contribution in [0.3, 0.4) is 0 Å². The molecule has 0 aliphatic carbocycles. The standard InChI is InChI=1S/C19H15O9/c1-3-25-18(22)16-14(26-11-20)9-6-10-15(16)28-19(23)27-13-8-5-4-7-12(13)17(21)24-2/h4-10H,3H2,1-2H3. The van der Waals surface area contributed by atoms with E-state index in [4.69, 9.17) is 14.2 Å². The lowest BCUT2D eigenvalue weighted by atomic mass is 10.2. The van der Waals surface area contributed by atoms with Crippen molar-refractivity contribution in [3.8, 4) is 17.2 Å². The molecule has 2 aromatic rings. The second-order valence-electron chi connectivity index (χ2n) is 4.98. The van der Waals surface area contributed by atoms with Crippen molar-refractivity contribution in [1.29, 1.82) is 0 Å². The summed E-state index contributed by atoms with van der Waals surface area (Å²) in [6.45, 7) is 2.80. The van der Waals surface area contributed by atoms with Gasteiger partial charge in [-0.3, -0.25) is 0 Å². The van der Waals surface area contributed by atoms with Gasteiger partial charge in [0.25, 0.3) is 0 Å².